The van der Waals surface area contributed by atoms with E-state index in [4.69, 9.17) is 4.74 Å². The van der Waals surface area contributed by atoms with E-state index in [0.717, 1.165) is 6.07 Å². The molecule has 0 aromatic heterocycles. The Morgan fingerprint density at radius 1 is 1.20 bits per heavy atom. The number of ether oxygens (including phenoxy) is 1. The lowest BCUT2D eigenvalue weighted by molar-refractivity contribution is -0.137. The maximum Gasteiger partial charge on any atom is 0.418 e. The fourth-order valence-electron chi connectivity index (χ4n) is 1.40. The van der Waals surface area contributed by atoms with E-state index in [1.807, 2.05) is 0 Å². The summed E-state index contributed by atoms with van der Waals surface area (Å²) in [7, 11) is 0. The molecule has 1 aliphatic rings. The van der Waals surface area contributed by atoms with Gasteiger partial charge >= 0.3 is 6.18 Å². The normalized spacial score (nSPS) is 17.3. The molecular weight excluding hydrogens is 207 g/mol. The Kier molecular flexibility index (Phi) is 2.56. The molecule has 0 unspecified atom stereocenters. The molecule has 0 saturated carbocycles. The van der Waals surface area contributed by atoms with Crippen molar-refractivity contribution in [1.29, 1.82) is 0 Å². The Bertz CT molecular complexity index is 347. The molecule has 0 spiro atoms. The first-order chi connectivity index (χ1) is 7.07. The lowest BCUT2D eigenvalue weighted by atomic mass is 10.1. The van der Waals surface area contributed by atoms with Crippen molar-refractivity contribution in [2.75, 3.05) is 18.5 Å². The van der Waals surface area contributed by atoms with Crippen LogP contribution in [0.3, 0.4) is 0 Å². The van der Waals surface area contributed by atoms with Gasteiger partial charge in [-0.1, -0.05) is 12.1 Å². The van der Waals surface area contributed by atoms with Crippen molar-refractivity contribution in [1.82, 2.24) is 0 Å². The Balaban J connectivity index is 2.21. The zero-order valence-electron chi connectivity index (χ0n) is 7.84. The average Bonchev–Trinajstić information content (AvgIpc) is 2.10. The van der Waals surface area contributed by atoms with Crippen molar-refractivity contribution in [2.24, 2.45) is 0 Å². The van der Waals surface area contributed by atoms with Gasteiger partial charge in [0, 0.05) is 5.69 Å². The molecular formula is C10H10F3NO. The van der Waals surface area contributed by atoms with E-state index in [1.165, 1.54) is 12.1 Å². The maximum absolute atomic E-state index is 12.5. The summed E-state index contributed by atoms with van der Waals surface area (Å²) in [5.74, 6) is 0. The number of benzene rings is 1. The number of alkyl halides is 3. The SMILES string of the molecule is FC(F)(F)c1ccccc1NC1COC1. The first kappa shape index (κ1) is 10.3. The standard InChI is InChI=1S/C10H10F3NO/c11-10(12,13)8-3-1-2-4-9(8)14-7-5-15-6-7/h1-4,7,14H,5-6H2. The third-order valence-electron chi connectivity index (χ3n) is 2.23. The van der Waals surface area contributed by atoms with Gasteiger partial charge in [0.25, 0.3) is 0 Å². The number of nitrogens with one attached hydrogen (secondary N) is 1. The van der Waals surface area contributed by atoms with E-state index >= 15 is 0 Å². The minimum atomic E-state index is -4.31. The van der Waals surface area contributed by atoms with E-state index in [1.54, 1.807) is 6.07 Å². The second-order valence-corrected chi connectivity index (χ2v) is 3.42. The van der Waals surface area contributed by atoms with Gasteiger partial charge in [0.15, 0.2) is 0 Å². The van der Waals surface area contributed by atoms with Crippen LogP contribution >= 0.6 is 0 Å². The average molecular weight is 217 g/mol. The van der Waals surface area contributed by atoms with Crippen LogP contribution in [0, 0.1) is 0 Å². The molecule has 1 aromatic rings. The highest BCUT2D eigenvalue weighted by molar-refractivity contribution is 5.53. The summed E-state index contributed by atoms with van der Waals surface area (Å²) in [6.07, 6.45) is -4.31. The number of rotatable bonds is 2. The summed E-state index contributed by atoms with van der Waals surface area (Å²) < 4.78 is 42.5. The first-order valence-electron chi connectivity index (χ1n) is 4.58. The minimum absolute atomic E-state index is 0.00602. The fraction of sp³-hybridized carbons (Fsp3) is 0.400. The third-order valence-corrected chi connectivity index (χ3v) is 2.23. The largest absolute Gasteiger partial charge is 0.418 e. The van der Waals surface area contributed by atoms with Gasteiger partial charge in [-0.25, -0.2) is 0 Å². The Morgan fingerprint density at radius 2 is 1.87 bits per heavy atom. The van der Waals surface area contributed by atoms with Crippen LogP contribution in [-0.2, 0) is 10.9 Å². The molecule has 0 radical (unpaired) electrons. The summed E-state index contributed by atoms with van der Waals surface area (Å²) in [4.78, 5) is 0. The number of anilines is 1. The Morgan fingerprint density at radius 3 is 2.40 bits per heavy atom. The second-order valence-electron chi connectivity index (χ2n) is 3.42. The third kappa shape index (κ3) is 2.23. The molecule has 1 aromatic carbocycles. The molecule has 0 atom stereocenters. The van der Waals surface area contributed by atoms with E-state index in [2.05, 4.69) is 5.32 Å². The van der Waals surface area contributed by atoms with E-state index < -0.39 is 11.7 Å². The number of halogens is 3. The lowest BCUT2D eigenvalue weighted by Gasteiger charge is -2.29. The molecule has 0 amide bonds. The second kappa shape index (κ2) is 3.73. The van der Waals surface area contributed by atoms with Crippen molar-refractivity contribution >= 4 is 5.69 Å². The molecule has 1 saturated heterocycles. The highest BCUT2D eigenvalue weighted by atomic mass is 19.4. The molecule has 82 valence electrons. The zero-order chi connectivity index (χ0) is 10.9. The highest BCUT2D eigenvalue weighted by Crippen LogP contribution is 2.35. The van der Waals surface area contributed by atoms with Gasteiger partial charge in [0.1, 0.15) is 0 Å². The van der Waals surface area contributed by atoms with Crippen molar-refractivity contribution in [3.8, 4) is 0 Å². The molecule has 0 aliphatic carbocycles. The molecule has 1 fully saturated rings. The monoisotopic (exact) mass is 217 g/mol. The fourth-order valence-corrected chi connectivity index (χ4v) is 1.40. The van der Waals surface area contributed by atoms with Gasteiger partial charge in [-0.3, -0.25) is 0 Å². The molecule has 15 heavy (non-hydrogen) atoms. The van der Waals surface area contributed by atoms with Crippen molar-refractivity contribution < 1.29 is 17.9 Å². The Hall–Kier alpha value is -1.23. The minimum Gasteiger partial charge on any atom is -0.377 e. The molecule has 2 rings (SSSR count). The predicted octanol–water partition coefficient (Wildman–Crippen LogP) is 2.52. The van der Waals surface area contributed by atoms with E-state index in [0.29, 0.717) is 13.2 Å². The van der Waals surface area contributed by atoms with Crippen LogP contribution in [0.4, 0.5) is 18.9 Å². The van der Waals surface area contributed by atoms with E-state index in [9.17, 15) is 13.2 Å². The first-order valence-corrected chi connectivity index (χ1v) is 4.58. The number of para-hydroxylation sites is 1. The van der Waals surface area contributed by atoms with Gasteiger partial charge in [-0.2, -0.15) is 13.2 Å². The molecule has 1 heterocycles. The van der Waals surface area contributed by atoms with Gasteiger partial charge in [0.2, 0.25) is 0 Å². The van der Waals surface area contributed by atoms with Crippen LogP contribution in [0.15, 0.2) is 24.3 Å². The summed E-state index contributed by atoms with van der Waals surface area (Å²) in [5.41, 5.74) is -0.504. The lowest BCUT2D eigenvalue weighted by Crippen LogP contribution is -2.40. The maximum atomic E-state index is 12.5. The van der Waals surface area contributed by atoms with Crippen molar-refractivity contribution in [3.05, 3.63) is 29.8 Å². The van der Waals surface area contributed by atoms with Gasteiger partial charge in [0.05, 0.1) is 24.8 Å². The van der Waals surface area contributed by atoms with Crippen LogP contribution in [0.2, 0.25) is 0 Å². The van der Waals surface area contributed by atoms with Crippen LogP contribution in [0.25, 0.3) is 0 Å². The highest BCUT2D eigenvalue weighted by Gasteiger charge is 2.34. The topological polar surface area (TPSA) is 21.3 Å². The number of hydrogen-bond acceptors (Lipinski definition) is 2. The van der Waals surface area contributed by atoms with Crippen LogP contribution < -0.4 is 5.32 Å². The molecule has 0 bridgehead atoms. The molecule has 2 nitrogen and oxygen atoms in total. The predicted molar refractivity (Wildman–Crippen MR) is 49.7 cm³/mol. The van der Waals surface area contributed by atoms with Crippen molar-refractivity contribution in [3.63, 3.8) is 0 Å². The Labute approximate surface area is 85.0 Å². The summed E-state index contributed by atoms with van der Waals surface area (Å²) in [6, 6.07) is 5.46. The molecule has 1 N–H and O–H groups in total. The smallest absolute Gasteiger partial charge is 0.377 e. The number of hydrogen-bond donors (Lipinski definition) is 1. The zero-order valence-corrected chi connectivity index (χ0v) is 7.84. The summed E-state index contributed by atoms with van der Waals surface area (Å²) in [5, 5.41) is 2.81. The van der Waals surface area contributed by atoms with Crippen LogP contribution in [-0.4, -0.2) is 19.3 Å². The molecule has 5 heteroatoms. The van der Waals surface area contributed by atoms with Crippen molar-refractivity contribution in [2.45, 2.75) is 12.2 Å². The van der Waals surface area contributed by atoms with E-state index in [-0.39, 0.29) is 11.7 Å². The van der Waals surface area contributed by atoms with Gasteiger partial charge in [-0.15, -0.1) is 0 Å². The van der Waals surface area contributed by atoms with Crippen LogP contribution in [0.5, 0.6) is 0 Å². The van der Waals surface area contributed by atoms with Crippen LogP contribution in [0.1, 0.15) is 5.56 Å². The van der Waals surface area contributed by atoms with Gasteiger partial charge < -0.3 is 10.1 Å². The molecule has 1 aliphatic heterocycles. The summed E-state index contributed by atoms with van der Waals surface area (Å²) >= 11 is 0. The summed E-state index contributed by atoms with van der Waals surface area (Å²) in [6.45, 7) is 0.929. The van der Waals surface area contributed by atoms with Gasteiger partial charge in [-0.05, 0) is 12.1 Å². The quantitative estimate of drug-likeness (QED) is 0.821.